The Labute approximate surface area is 262 Å². The highest BCUT2D eigenvalue weighted by Gasteiger charge is 1.99. The number of benzene rings is 1. The van der Waals surface area contributed by atoms with Gasteiger partial charge in [0.15, 0.2) is 0 Å². The van der Waals surface area contributed by atoms with Gasteiger partial charge in [0, 0.05) is 6.61 Å². The second kappa shape index (κ2) is 33.6. The van der Waals surface area contributed by atoms with E-state index < -0.39 is 0 Å². The molecule has 0 aliphatic carbocycles. The van der Waals surface area contributed by atoms with Crippen molar-refractivity contribution in [1.29, 1.82) is 0 Å². The quantitative estimate of drug-likeness (QED) is 0.0868. The Hall–Kier alpha value is -1.30. The van der Waals surface area contributed by atoms with Gasteiger partial charge < -0.3 is 42.6 Å². The van der Waals surface area contributed by atoms with Crippen LogP contribution < -0.4 is 4.74 Å². The summed E-state index contributed by atoms with van der Waals surface area (Å²) in [5, 5.41) is 0. The first kappa shape index (κ1) is 39.7. The molecule has 9 nitrogen and oxygen atoms in total. The summed E-state index contributed by atoms with van der Waals surface area (Å²) in [4.78, 5) is 0. The van der Waals surface area contributed by atoms with Crippen molar-refractivity contribution in [3.8, 4) is 5.75 Å². The van der Waals surface area contributed by atoms with Crippen LogP contribution in [0.1, 0.15) is 70.8 Å². The molecular formula is C34H62O9. The van der Waals surface area contributed by atoms with E-state index in [1.54, 1.807) is 0 Å². The van der Waals surface area contributed by atoms with E-state index >= 15 is 0 Å². The summed E-state index contributed by atoms with van der Waals surface area (Å²) in [7, 11) is 0. The lowest BCUT2D eigenvalue weighted by Crippen LogP contribution is -2.15. The molecule has 1 rings (SSSR count). The molecule has 0 atom stereocenters. The largest absolute Gasteiger partial charge is 0.491 e. The molecule has 0 saturated heterocycles. The van der Waals surface area contributed by atoms with Crippen LogP contribution in [0.2, 0.25) is 0 Å². The van der Waals surface area contributed by atoms with Crippen molar-refractivity contribution in [2.24, 2.45) is 0 Å². The molecule has 0 unspecified atom stereocenters. The van der Waals surface area contributed by atoms with Crippen LogP contribution in [0.5, 0.6) is 5.75 Å². The van der Waals surface area contributed by atoms with Crippen molar-refractivity contribution in [2.75, 3.05) is 112 Å². The summed E-state index contributed by atoms with van der Waals surface area (Å²) >= 11 is 0. The molecule has 1 aromatic carbocycles. The van der Waals surface area contributed by atoms with Crippen molar-refractivity contribution in [3.05, 3.63) is 29.8 Å². The molecule has 0 aliphatic heterocycles. The topological polar surface area (TPSA) is 83.1 Å². The van der Waals surface area contributed by atoms with Crippen molar-refractivity contribution in [3.63, 3.8) is 0 Å². The Bertz CT molecular complexity index is 660. The lowest BCUT2D eigenvalue weighted by atomic mass is 10.0. The number of aryl methyl sites for hydroxylation is 1. The summed E-state index contributed by atoms with van der Waals surface area (Å²) in [6.45, 7) is 14.0. The maximum Gasteiger partial charge on any atom is 0.119 e. The molecular weight excluding hydrogens is 552 g/mol. The fourth-order valence-electron chi connectivity index (χ4n) is 3.97. The lowest BCUT2D eigenvalue weighted by molar-refractivity contribution is -0.0236. The van der Waals surface area contributed by atoms with E-state index in [1.165, 1.54) is 44.1 Å². The highest BCUT2D eigenvalue weighted by molar-refractivity contribution is 5.27. The van der Waals surface area contributed by atoms with Crippen molar-refractivity contribution in [2.45, 2.75) is 71.6 Å². The van der Waals surface area contributed by atoms with Gasteiger partial charge in [-0.05, 0) is 37.0 Å². The van der Waals surface area contributed by atoms with E-state index in [0.29, 0.717) is 106 Å². The minimum Gasteiger partial charge on any atom is -0.491 e. The summed E-state index contributed by atoms with van der Waals surface area (Å²) in [5.41, 5.74) is 1.38. The average Bonchev–Trinajstić information content (AvgIpc) is 3.03. The van der Waals surface area contributed by atoms with E-state index in [2.05, 4.69) is 38.1 Å². The summed E-state index contributed by atoms with van der Waals surface area (Å²) < 4.78 is 49.7. The van der Waals surface area contributed by atoms with E-state index in [4.69, 9.17) is 42.6 Å². The van der Waals surface area contributed by atoms with E-state index in [-0.39, 0.29) is 0 Å². The normalized spacial score (nSPS) is 11.4. The fourth-order valence-corrected chi connectivity index (χ4v) is 3.97. The van der Waals surface area contributed by atoms with E-state index in [9.17, 15) is 0 Å². The zero-order valence-corrected chi connectivity index (χ0v) is 27.4. The Balaban J connectivity index is 1.72. The van der Waals surface area contributed by atoms with Gasteiger partial charge in [0.25, 0.3) is 0 Å². The van der Waals surface area contributed by atoms with E-state index in [0.717, 1.165) is 31.6 Å². The first-order valence-corrected chi connectivity index (χ1v) is 16.7. The van der Waals surface area contributed by atoms with Gasteiger partial charge in [-0.3, -0.25) is 0 Å². The smallest absolute Gasteiger partial charge is 0.119 e. The van der Waals surface area contributed by atoms with E-state index in [1.807, 2.05) is 0 Å². The summed E-state index contributed by atoms with van der Waals surface area (Å²) in [6, 6.07) is 8.45. The minimum absolute atomic E-state index is 0.532. The molecule has 1 aromatic rings. The second-order valence-corrected chi connectivity index (χ2v) is 10.3. The number of ether oxygens (including phenoxy) is 9. The second-order valence-electron chi connectivity index (χ2n) is 10.3. The minimum atomic E-state index is 0.532. The third kappa shape index (κ3) is 29.2. The number of hydrogen-bond acceptors (Lipinski definition) is 9. The number of unbranched alkanes of at least 4 members (excludes halogenated alkanes) is 6. The molecule has 0 aromatic heterocycles. The Morgan fingerprint density at radius 1 is 0.349 bits per heavy atom. The molecule has 0 bridgehead atoms. The standard InChI is InChI=1S/C34H62O9/c1-3-5-7-8-9-10-11-33-12-14-34(15-13-33)43-32-31-42-30-29-41-28-27-40-26-25-39-24-23-38-22-21-37-20-19-36-18-17-35-16-6-4-2/h12-15H,3-11,16-32H2,1-2H3. The predicted octanol–water partition coefficient (Wildman–Crippen LogP) is 5.90. The molecule has 0 radical (unpaired) electrons. The molecule has 0 fully saturated rings. The van der Waals surface area contributed by atoms with Crippen LogP contribution in [0, 0.1) is 0 Å². The van der Waals surface area contributed by atoms with Crippen molar-refractivity contribution < 1.29 is 42.6 Å². The van der Waals surface area contributed by atoms with Crippen LogP contribution in [0.25, 0.3) is 0 Å². The highest BCUT2D eigenvalue weighted by atomic mass is 16.6. The molecule has 0 aliphatic rings. The zero-order chi connectivity index (χ0) is 30.7. The first-order chi connectivity index (χ1) is 21.4. The molecule has 43 heavy (non-hydrogen) atoms. The van der Waals surface area contributed by atoms with Crippen molar-refractivity contribution >= 4 is 0 Å². The van der Waals surface area contributed by atoms with Crippen LogP contribution in [0.4, 0.5) is 0 Å². The third-order valence-corrected chi connectivity index (χ3v) is 6.49. The van der Waals surface area contributed by atoms with Crippen LogP contribution >= 0.6 is 0 Å². The lowest BCUT2D eigenvalue weighted by Gasteiger charge is -2.09. The van der Waals surface area contributed by atoms with Crippen LogP contribution in [-0.2, 0) is 44.3 Å². The van der Waals surface area contributed by atoms with Gasteiger partial charge in [-0.2, -0.15) is 0 Å². The van der Waals surface area contributed by atoms with Gasteiger partial charge in [0.05, 0.1) is 99.1 Å². The van der Waals surface area contributed by atoms with Gasteiger partial charge in [-0.15, -0.1) is 0 Å². The van der Waals surface area contributed by atoms with Crippen molar-refractivity contribution in [1.82, 2.24) is 0 Å². The maximum absolute atomic E-state index is 5.77. The number of hydrogen-bond donors (Lipinski definition) is 0. The fraction of sp³-hybridized carbons (Fsp3) is 0.824. The molecule has 0 heterocycles. The Morgan fingerprint density at radius 2 is 0.698 bits per heavy atom. The van der Waals surface area contributed by atoms with Gasteiger partial charge in [-0.1, -0.05) is 64.5 Å². The molecule has 9 heteroatoms. The van der Waals surface area contributed by atoms with Crippen LogP contribution in [0.15, 0.2) is 24.3 Å². The van der Waals surface area contributed by atoms with Gasteiger partial charge in [0.1, 0.15) is 12.4 Å². The molecule has 0 saturated carbocycles. The zero-order valence-electron chi connectivity index (χ0n) is 27.4. The maximum atomic E-state index is 5.77. The molecule has 0 N–H and O–H groups in total. The Morgan fingerprint density at radius 3 is 1.12 bits per heavy atom. The summed E-state index contributed by atoms with van der Waals surface area (Å²) in [5.74, 6) is 0.891. The Kier molecular flexibility index (Phi) is 31.0. The first-order valence-electron chi connectivity index (χ1n) is 16.7. The van der Waals surface area contributed by atoms with Crippen LogP contribution in [-0.4, -0.2) is 112 Å². The van der Waals surface area contributed by atoms with Crippen LogP contribution in [0.3, 0.4) is 0 Å². The third-order valence-electron chi connectivity index (χ3n) is 6.49. The predicted molar refractivity (Wildman–Crippen MR) is 170 cm³/mol. The molecule has 0 amide bonds. The monoisotopic (exact) mass is 614 g/mol. The van der Waals surface area contributed by atoms with Gasteiger partial charge in [0.2, 0.25) is 0 Å². The number of rotatable bonds is 35. The van der Waals surface area contributed by atoms with Gasteiger partial charge >= 0.3 is 0 Å². The molecule has 0 spiro atoms. The SMILES string of the molecule is CCCCCCCCc1ccc(OCCOCCOCCOCCOCCOCCOCCOCCOCCCC)cc1. The summed E-state index contributed by atoms with van der Waals surface area (Å²) in [6.07, 6.45) is 11.4. The van der Waals surface area contributed by atoms with Gasteiger partial charge in [-0.25, -0.2) is 0 Å². The highest BCUT2D eigenvalue weighted by Crippen LogP contribution is 2.15. The molecule has 252 valence electrons. The average molecular weight is 615 g/mol.